The van der Waals surface area contributed by atoms with Gasteiger partial charge in [-0.2, -0.15) is 5.10 Å². The first-order chi connectivity index (χ1) is 13.1. The van der Waals surface area contributed by atoms with E-state index in [9.17, 15) is 9.59 Å². The lowest BCUT2D eigenvalue weighted by Crippen LogP contribution is -2.41. The fraction of sp³-hybridized carbons (Fsp3) is 0.476. The van der Waals surface area contributed by atoms with Crippen LogP contribution in [-0.2, 0) is 24.2 Å². The summed E-state index contributed by atoms with van der Waals surface area (Å²) in [5, 5.41) is 4.26. The molecule has 2 aromatic rings. The van der Waals surface area contributed by atoms with Crippen molar-refractivity contribution in [2.45, 2.75) is 44.7 Å². The second kappa shape index (κ2) is 7.55. The van der Waals surface area contributed by atoms with Crippen molar-refractivity contribution in [2.24, 2.45) is 0 Å². The van der Waals surface area contributed by atoms with Crippen LogP contribution in [0.5, 0.6) is 0 Å². The molecule has 0 unspecified atom stereocenters. The molecule has 0 spiro atoms. The summed E-state index contributed by atoms with van der Waals surface area (Å²) in [6.45, 7) is 1.92. The van der Waals surface area contributed by atoms with Crippen molar-refractivity contribution in [3.63, 3.8) is 0 Å². The third-order valence-electron chi connectivity index (χ3n) is 5.83. The highest BCUT2D eigenvalue weighted by molar-refractivity contribution is 5.76. The van der Waals surface area contributed by atoms with Gasteiger partial charge in [0.15, 0.2) is 0 Å². The van der Waals surface area contributed by atoms with Crippen molar-refractivity contribution in [3.8, 4) is 0 Å². The predicted octanol–water partition coefficient (Wildman–Crippen LogP) is 1.86. The molecular formula is C21H26N4O2. The van der Waals surface area contributed by atoms with E-state index in [-0.39, 0.29) is 24.1 Å². The van der Waals surface area contributed by atoms with Crippen LogP contribution in [0.25, 0.3) is 0 Å². The average molecular weight is 366 g/mol. The molecule has 0 bridgehead atoms. The van der Waals surface area contributed by atoms with Crippen LogP contribution < -0.4 is 10.5 Å². The van der Waals surface area contributed by atoms with Gasteiger partial charge in [0, 0.05) is 32.2 Å². The van der Waals surface area contributed by atoms with E-state index in [1.165, 1.54) is 22.2 Å². The van der Waals surface area contributed by atoms with E-state index in [4.69, 9.17) is 0 Å². The van der Waals surface area contributed by atoms with Crippen LogP contribution in [0.15, 0.2) is 41.3 Å². The predicted molar refractivity (Wildman–Crippen MR) is 105 cm³/mol. The number of likely N-dealkylation sites (N-methyl/N-ethyl adjacent to an activating group) is 1. The largest absolute Gasteiger partial charge is 0.370 e. The topological polar surface area (TPSA) is 58.4 Å². The number of rotatable bonds is 4. The summed E-state index contributed by atoms with van der Waals surface area (Å²) in [4.78, 5) is 29.1. The maximum absolute atomic E-state index is 12.7. The number of carbonyl (C=O) groups is 1. The molecule has 1 aromatic heterocycles. The number of hydrogen-bond donors (Lipinski definition) is 0. The standard InChI is InChI=1S/C21H26N4O2/c1-23(18-11-16-7-3-4-8-17(16)12-18)21(27)15-25-20(26)13-19(14-22-25)24-9-5-2-6-10-24/h3-4,7-8,13-14,18H,2,5-6,9-12,15H2,1H3. The number of aromatic nitrogens is 2. The summed E-state index contributed by atoms with van der Waals surface area (Å²) in [6, 6.07) is 10.1. The Hall–Kier alpha value is -2.63. The third kappa shape index (κ3) is 3.75. The van der Waals surface area contributed by atoms with E-state index in [0.717, 1.165) is 44.5 Å². The third-order valence-corrected chi connectivity index (χ3v) is 5.83. The van der Waals surface area contributed by atoms with Crippen LogP contribution in [0.2, 0.25) is 0 Å². The van der Waals surface area contributed by atoms with E-state index < -0.39 is 0 Å². The SMILES string of the molecule is CN(C(=O)Cn1ncc(N2CCCCC2)cc1=O)C1Cc2ccccc2C1. The van der Waals surface area contributed by atoms with Gasteiger partial charge in [0.25, 0.3) is 5.56 Å². The van der Waals surface area contributed by atoms with Crippen molar-refractivity contribution in [1.82, 2.24) is 14.7 Å². The number of fused-ring (bicyclic) bond motifs is 1. The number of benzene rings is 1. The first-order valence-electron chi connectivity index (χ1n) is 9.76. The van der Waals surface area contributed by atoms with Crippen LogP contribution in [0, 0.1) is 0 Å². The van der Waals surface area contributed by atoms with Crippen molar-refractivity contribution in [1.29, 1.82) is 0 Å². The van der Waals surface area contributed by atoms with Crippen LogP contribution in [0.4, 0.5) is 5.69 Å². The maximum Gasteiger partial charge on any atom is 0.269 e. The zero-order chi connectivity index (χ0) is 18.8. The van der Waals surface area contributed by atoms with E-state index in [2.05, 4.69) is 22.1 Å². The van der Waals surface area contributed by atoms with Gasteiger partial charge in [-0.05, 0) is 43.2 Å². The zero-order valence-corrected chi connectivity index (χ0v) is 15.8. The molecule has 1 saturated heterocycles. The number of carbonyl (C=O) groups excluding carboxylic acids is 1. The molecule has 4 rings (SSSR count). The molecule has 1 aliphatic carbocycles. The lowest BCUT2D eigenvalue weighted by atomic mass is 10.1. The Bertz CT molecular complexity index is 861. The molecule has 1 amide bonds. The summed E-state index contributed by atoms with van der Waals surface area (Å²) in [5.74, 6) is -0.0758. The van der Waals surface area contributed by atoms with Gasteiger partial charge in [0.1, 0.15) is 6.54 Å². The highest BCUT2D eigenvalue weighted by Crippen LogP contribution is 2.24. The van der Waals surface area contributed by atoms with Crippen molar-refractivity contribution in [2.75, 3.05) is 25.0 Å². The smallest absolute Gasteiger partial charge is 0.269 e. The molecule has 2 heterocycles. The van der Waals surface area contributed by atoms with E-state index in [0.29, 0.717) is 0 Å². The Kier molecular flexibility index (Phi) is 4.97. The van der Waals surface area contributed by atoms with Crippen LogP contribution in [0.3, 0.4) is 0 Å². The highest BCUT2D eigenvalue weighted by atomic mass is 16.2. The lowest BCUT2D eigenvalue weighted by molar-refractivity contribution is -0.132. The van der Waals surface area contributed by atoms with Crippen molar-refractivity contribution < 1.29 is 4.79 Å². The second-order valence-corrected chi connectivity index (χ2v) is 7.59. The van der Waals surface area contributed by atoms with Crippen LogP contribution >= 0.6 is 0 Å². The molecule has 6 heteroatoms. The Morgan fingerprint density at radius 1 is 1.15 bits per heavy atom. The Morgan fingerprint density at radius 3 is 2.44 bits per heavy atom. The Balaban J connectivity index is 1.41. The quantitative estimate of drug-likeness (QED) is 0.829. The molecule has 0 atom stereocenters. The van der Waals surface area contributed by atoms with Crippen molar-refractivity contribution in [3.05, 3.63) is 58.0 Å². The van der Waals surface area contributed by atoms with E-state index in [1.54, 1.807) is 17.2 Å². The fourth-order valence-corrected chi connectivity index (χ4v) is 4.12. The molecule has 0 radical (unpaired) electrons. The molecule has 142 valence electrons. The summed E-state index contributed by atoms with van der Waals surface area (Å²) in [5.41, 5.74) is 3.27. The van der Waals surface area contributed by atoms with Gasteiger partial charge in [-0.25, -0.2) is 4.68 Å². The monoisotopic (exact) mass is 366 g/mol. The summed E-state index contributed by atoms with van der Waals surface area (Å²) < 4.78 is 1.27. The minimum atomic E-state index is -0.213. The summed E-state index contributed by atoms with van der Waals surface area (Å²) in [7, 11) is 1.83. The number of amides is 1. The Morgan fingerprint density at radius 2 is 1.81 bits per heavy atom. The normalized spacial score (nSPS) is 17.0. The lowest BCUT2D eigenvalue weighted by Gasteiger charge is -2.28. The van der Waals surface area contributed by atoms with Gasteiger partial charge in [-0.15, -0.1) is 0 Å². The fourth-order valence-electron chi connectivity index (χ4n) is 4.12. The van der Waals surface area contributed by atoms with Crippen LogP contribution in [-0.4, -0.2) is 46.8 Å². The second-order valence-electron chi connectivity index (χ2n) is 7.59. The number of hydrogen-bond acceptors (Lipinski definition) is 4. The van der Waals surface area contributed by atoms with Gasteiger partial charge < -0.3 is 9.80 Å². The van der Waals surface area contributed by atoms with E-state index >= 15 is 0 Å². The first-order valence-corrected chi connectivity index (χ1v) is 9.76. The molecular weight excluding hydrogens is 340 g/mol. The van der Waals surface area contributed by atoms with Gasteiger partial charge >= 0.3 is 0 Å². The minimum absolute atomic E-state index is 0.0114. The molecule has 6 nitrogen and oxygen atoms in total. The Labute approximate surface area is 159 Å². The average Bonchev–Trinajstić information content (AvgIpc) is 3.13. The summed E-state index contributed by atoms with van der Waals surface area (Å²) >= 11 is 0. The molecule has 1 aromatic carbocycles. The van der Waals surface area contributed by atoms with Crippen LogP contribution in [0.1, 0.15) is 30.4 Å². The number of nitrogens with zero attached hydrogens (tertiary/aromatic N) is 4. The van der Waals surface area contributed by atoms with E-state index in [1.807, 2.05) is 19.2 Å². The van der Waals surface area contributed by atoms with Gasteiger partial charge in [0.05, 0.1) is 11.9 Å². The maximum atomic E-state index is 12.7. The molecule has 0 saturated carbocycles. The first kappa shape index (κ1) is 17.8. The number of anilines is 1. The van der Waals surface area contributed by atoms with Gasteiger partial charge in [0.2, 0.25) is 5.91 Å². The molecule has 0 N–H and O–H groups in total. The molecule has 1 aliphatic heterocycles. The van der Waals surface area contributed by atoms with Gasteiger partial charge in [-0.1, -0.05) is 24.3 Å². The summed E-state index contributed by atoms with van der Waals surface area (Å²) in [6.07, 6.45) is 6.99. The minimum Gasteiger partial charge on any atom is -0.370 e. The molecule has 1 fully saturated rings. The zero-order valence-electron chi connectivity index (χ0n) is 15.8. The highest BCUT2D eigenvalue weighted by Gasteiger charge is 2.27. The van der Waals surface area contributed by atoms with Gasteiger partial charge in [-0.3, -0.25) is 9.59 Å². The van der Waals surface area contributed by atoms with Crippen molar-refractivity contribution >= 4 is 11.6 Å². The molecule has 2 aliphatic rings. The number of piperidine rings is 1. The molecule has 27 heavy (non-hydrogen) atoms.